The zero-order valence-corrected chi connectivity index (χ0v) is 11.5. The van der Waals surface area contributed by atoms with Gasteiger partial charge in [-0.2, -0.15) is 11.8 Å². The van der Waals surface area contributed by atoms with Crippen LogP contribution in [-0.4, -0.2) is 17.5 Å². The minimum absolute atomic E-state index is 0.767. The molecule has 3 N–H and O–H groups in total. The molecule has 0 aromatic heterocycles. The van der Waals surface area contributed by atoms with E-state index in [-0.39, 0.29) is 0 Å². The lowest BCUT2D eigenvalue weighted by atomic mass is 10.2. The molecule has 1 aliphatic rings. The Morgan fingerprint density at radius 3 is 3.07 bits per heavy atom. The number of nitrogens with one attached hydrogen (secondary N) is 1. The summed E-state index contributed by atoms with van der Waals surface area (Å²) >= 11 is 4.34. The Kier molecular flexibility index (Phi) is 4.02. The first-order valence-electron chi connectivity index (χ1n) is 5.16. The maximum atomic E-state index is 5.93. The van der Waals surface area contributed by atoms with Crippen molar-refractivity contribution >= 4 is 45.7 Å². The van der Waals surface area contributed by atoms with Crippen molar-refractivity contribution in [3.63, 3.8) is 0 Å². The summed E-state index contributed by atoms with van der Waals surface area (Å²) in [6.07, 6.45) is 2.70. The first-order chi connectivity index (χ1) is 7.25. The second-order valence-corrected chi connectivity index (χ2v) is 6.40. The first kappa shape index (κ1) is 11.4. The van der Waals surface area contributed by atoms with Gasteiger partial charge < -0.3 is 11.1 Å². The average Bonchev–Trinajstić information content (AvgIpc) is 2.69. The van der Waals surface area contributed by atoms with Gasteiger partial charge in [0.2, 0.25) is 0 Å². The van der Waals surface area contributed by atoms with E-state index in [0.717, 1.165) is 23.2 Å². The molecule has 0 spiro atoms. The van der Waals surface area contributed by atoms with Crippen LogP contribution in [0.5, 0.6) is 0 Å². The molecule has 1 atom stereocenters. The van der Waals surface area contributed by atoms with E-state index in [2.05, 4.69) is 51.8 Å². The smallest absolute Gasteiger partial charge is 0.0575 e. The van der Waals surface area contributed by atoms with Crippen LogP contribution in [0.2, 0.25) is 0 Å². The molecule has 1 fully saturated rings. The van der Waals surface area contributed by atoms with Gasteiger partial charge in [-0.3, -0.25) is 0 Å². The van der Waals surface area contributed by atoms with Crippen LogP contribution in [0, 0.1) is 3.57 Å². The summed E-state index contributed by atoms with van der Waals surface area (Å²) in [5, 5.41) is 4.20. The molecule has 2 nitrogen and oxygen atoms in total. The normalized spacial score (nSPS) is 20.5. The first-order valence-corrected chi connectivity index (χ1v) is 7.29. The number of halogens is 1. The summed E-state index contributed by atoms with van der Waals surface area (Å²) in [7, 11) is 0. The number of anilines is 2. The highest BCUT2D eigenvalue weighted by Gasteiger charge is 2.15. The van der Waals surface area contributed by atoms with Gasteiger partial charge in [0, 0.05) is 15.4 Å². The van der Waals surface area contributed by atoms with Crippen LogP contribution in [0.4, 0.5) is 11.4 Å². The van der Waals surface area contributed by atoms with Gasteiger partial charge in [0.15, 0.2) is 0 Å². The molecule has 82 valence electrons. The summed E-state index contributed by atoms with van der Waals surface area (Å²) in [6, 6.07) is 6.16. The summed E-state index contributed by atoms with van der Waals surface area (Å²) in [4.78, 5) is 0. The minimum atomic E-state index is 0.767. The van der Waals surface area contributed by atoms with Crippen LogP contribution >= 0.6 is 34.4 Å². The molecule has 0 aliphatic carbocycles. The Morgan fingerprint density at radius 2 is 2.40 bits per heavy atom. The number of thioether (sulfide) groups is 1. The van der Waals surface area contributed by atoms with Crippen molar-refractivity contribution in [3.8, 4) is 0 Å². The van der Waals surface area contributed by atoms with E-state index in [1.165, 1.54) is 22.2 Å². The third-order valence-electron chi connectivity index (χ3n) is 2.56. The van der Waals surface area contributed by atoms with E-state index in [0.29, 0.717) is 0 Å². The van der Waals surface area contributed by atoms with Gasteiger partial charge in [0.05, 0.1) is 11.4 Å². The highest BCUT2D eigenvalue weighted by Crippen LogP contribution is 2.27. The number of nitrogens with two attached hydrogens (primary N) is 1. The van der Waals surface area contributed by atoms with E-state index < -0.39 is 0 Å². The highest BCUT2D eigenvalue weighted by atomic mass is 127. The standard InChI is InChI=1S/C11H15IN2S/c12-8-3-4-11(10(13)6-8)14-7-9-2-1-5-15-9/h3-4,6,9,14H,1-2,5,7,13H2. The molecule has 2 rings (SSSR count). The summed E-state index contributed by atoms with van der Waals surface area (Å²) in [5.41, 5.74) is 7.86. The summed E-state index contributed by atoms with van der Waals surface area (Å²) in [5.74, 6) is 1.31. The molecular formula is C11H15IN2S. The fourth-order valence-electron chi connectivity index (χ4n) is 1.72. The number of hydrogen-bond acceptors (Lipinski definition) is 3. The van der Waals surface area contributed by atoms with Crippen molar-refractivity contribution in [2.24, 2.45) is 0 Å². The van der Waals surface area contributed by atoms with Crippen molar-refractivity contribution in [3.05, 3.63) is 21.8 Å². The Labute approximate surface area is 109 Å². The maximum Gasteiger partial charge on any atom is 0.0575 e. The van der Waals surface area contributed by atoms with Crippen molar-refractivity contribution in [2.45, 2.75) is 18.1 Å². The lowest BCUT2D eigenvalue weighted by Crippen LogP contribution is -2.14. The molecule has 4 heteroatoms. The number of hydrogen-bond donors (Lipinski definition) is 2. The minimum Gasteiger partial charge on any atom is -0.397 e. The molecule has 1 heterocycles. The largest absolute Gasteiger partial charge is 0.397 e. The van der Waals surface area contributed by atoms with Gasteiger partial charge in [-0.05, 0) is 59.4 Å². The SMILES string of the molecule is Nc1cc(I)ccc1NCC1CCCS1. The number of benzene rings is 1. The van der Waals surface area contributed by atoms with E-state index in [9.17, 15) is 0 Å². The fraction of sp³-hybridized carbons (Fsp3) is 0.455. The van der Waals surface area contributed by atoms with Gasteiger partial charge in [-0.15, -0.1) is 0 Å². The second-order valence-electron chi connectivity index (χ2n) is 3.75. The Hall–Kier alpha value is -0.100. The van der Waals surface area contributed by atoms with Crippen LogP contribution in [0.1, 0.15) is 12.8 Å². The monoisotopic (exact) mass is 334 g/mol. The molecular weight excluding hydrogens is 319 g/mol. The quantitative estimate of drug-likeness (QED) is 0.659. The van der Waals surface area contributed by atoms with Gasteiger partial charge in [-0.25, -0.2) is 0 Å². The van der Waals surface area contributed by atoms with Crippen molar-refractivity contribution in [1.29, 1.82) is 0 Å². The third kappa shape index (κ3) is 3.17. The molecule has 1 aromatic rings. The Bertz CT molecular complexity index is 337. The highest BCUT2D eigenvalue weighted by molar-refractivity contribution is 14.1. The van der Waals surface area contributed by atoms with Crippen molar-refractivity contribution < 1.29 is 0 Å². The van der Waals surface area contributed by atoms with E-state index >= 15 is 0 Å². The van der Waals surface area contributed by atoms with Gasteiger partial charge in [-0.1, -0.05) is 0 Å². The molecule has 1 aliphatic heterocycles. The zero-order chi connectivity index (χ0) is 10.7. The van der Waals surface area contributed by atoms with Gasteiger partial charge in [0.25, 0.3) is 0 Å². The zero-order valence-electron chi connectivity index (χ0n) is 8.50. The van der Waals surface area contributed by atoms with Gasteiger partial charge >= 0.3 is 0 Å². The average molecular weight is 334 g/mol. The van der Waals surface area contributed by atoms with Crippen LogP contribution < -0.4 is 11.1 Å². The fourth-order valence-corrected chi connectivity index (χ4v) is 3.44. The van der Waals surface area contributed by atoms with E-state index in [1.807, 2.05) is 6.07 Å². The molecule has 15 heavy (non-hydrogen) atoms. The molecule has 0 saturated carbocycles. The maximum absolute atomic E-state index is 5.93. The summed E-state index contributed by atoms with van der Waals surface area (Å²) < 4.78 is 1.19. The van der Waals surface area contributed by atoms with Crippen LogP contribution in [0.15, 0.2) is 18.2 Å². The van der Waals surface area contributed by atoms with Crippen LogP contribution in [-0.2, 0) is 0 Å². The Balaban J connectivity index is 1.92. The van der Waals surface area contributed by atoms with E-state index in [4.69, 9.17) is 5.73 Å². The predicted molar refractivity (Wildman–Crippen MR) is 77.5 cm³/mol. The lowest BCUT2D eigenvalue weighted by Gasteiger charge is -2.13. The molecule has 0 amide bonds. The molecule has 0 radical (unpaired) electrons. The number of rotatable bonds is 3. The molecule has 1 saturated heterocycles. The predicted octanol–water partition coefficient (Wildman–Crippen LogP) is 3.18. The lowest BCUT2D eigenvalue weighted by molar-refractivity contribution is 0.805. The van der Waals surface area contributed by atoms with Crippen LogP contribution in [0.25, 0.3) is 0 Å². The molecule has 1 unspecified atom stereocenters. The Morgan fingerprint density at radius 1 is 1.53 bits per heavy atom. The third-order valence-corrected chi connectivity index (χ3v) is 4.63. The molecule has 0 bridgehead atoms. The molecule has 1 aromatic carbocycles. The number of nitrogen functional groups attached to an aromatic ring is 1. The summed E-state index contributed by atoms with van der Waals surface area (Å²) in [6.45, 7) is 1.04. The van der Waals surface area contributed by atoms with Crippen molar-refractivity contribution in [1.82, 2.24) is 0 Å². The topological polar surface area (TPSA) is 38.0 Å². The second kappa shape index (κ2) is 5.30. The van der Waals surface area contributed by atoms with Gasteiger partial charge in [0.1, 0.15) is 0 Å². The van der Waals surface area contributed by atoms with Crippen molar-refractivity contribution in [2.75, 3.05) is 23.3 Å². The van der Waals surface area contributed by atoms with E-state index in [1.54, 1.807) is 0 Å². The van der Waals surface area contributed by atoms with Crippen LogP contribution in [0.3, 0.4) is 0 Å².